The Morgan fingerprint density at radius 3 is 2.62 bits per heavy atom. The third-order valence-electron chi connectivity index (χ3n) is 2.54. The van der Waals surface area contributed by atoms with Crippen LogP contribution in [0.5, 0.6) is 0 Å². The normalized spacial score (nSPS) is 10.7. The van der Waals surface area contributed by atoms with Crippen molar-refractivity contribution < 1.29 is 4.39 Å². The van der Waals surface area contributed by atoms with Gasteiger partial charge in [0.1, 0.15) is 11.6 Å². The minimum Gasteiger partial charge on any atom is -0.330 e. The molecule has 1 N–H and O–H groups in total. The Bertz CT molecular complexity index is 474. The lowest BCUT2D eigenvalue weighted by Crippen LogP contribution is -2.09. The maximum Gasteiger partial charge on any atom is 0.139 e. The smallest absolute Gasteiger partial charge is 0.139 e. The van der Waals surface area contributed by atoms with E-state index >= 15 is 0 Å². The summed E-state index contributed by atoms with van der Waals surface area (Å²) in [5.41, 5.74) is 2.02. The maximum atomic E-state index is 12.8. The molecule has 84 valence electrons. The van der Waals surface area contributed by atoms with Gasteiger partial charge in [-0.25, -0.2) is 9.37 Å². The highest BCUT2D eigenvalue weighted by Crippen LogP contribution is 2.18. The third kappa shape index (κ3) is 1.97. The molecule has 0 spiro atoms. The van der Waals surface area contributed by atoms with Gasteiger partial charge in [0.2, 0.25) is 0 Å². The fourth-order valence-electron chi connectivity index (χ4n) is 1.66. The molecule has 0 unspecified atom stereocenters. The van der Waals surface area contributed by atoms with Gasteiger partial charge < -0.3 is 9.88 Å². The molecule has 0 aliphatic heterocycles. The van der Waals surface area contributed by atoms with Crippen LogP contribution in [0, 0.1) is 5.82 Å². The van der Waals surface area contributed by atoms with Crippen molar-refractivity contribution in [1.29, 1.82) is 0 Å². The van der Waals surface area contributed by atoms with Crippen molar-refractivity contribution in [1.82, 2.24) is 14.9 Å². The van der Waals surface area contributed by atoms with Crippen molar-refractivity contribution in [2.45, 2.75) is 6.54 Å². The van der Waals surface area contributed by atoms with Gasteiger partial charge in [-0.15, -0.1) is 0 Å². The second-order valence-corrected chi connectivity index (χ2v) is 3.67. The Kier molecular flexibility index (Phi) is 3.01. The van der Waals surface area contributed by atoms with E-state index in [1.807, 2.05) is 24.9 Å². The number of rotatable bonds is 3. The number of aromatic nitrogens is 2. The van der Waals surface area contributed by atoms with E-state index in [1.54, 1.807) is 12.1 Å². The lowest BCUT2D eigenvalue weighted by Gasteiger charge is -2.05. The predicted octanol–water partition coefficient (Wildman–Crippen LogP) is 1.95. The van der Waals surface area contributed by atoms with Crippen molar-refractivity contribution in [3.8, 4) is 11.4 Å². The Morgan fingerprint density at radius 1 is 1.31 bits per heavy atom. The topological polar surface area (TPSA) is 29.9 Å². The van der Waals surface area contributed by atoms with Crippen molar-refractivity contribution >= 4 is 0 Å². The summed E-state index contributed by atoms with van der Waals surface area (Å²) in [7, 11) is 3.85. The van der Waals surface area contributed by atoms with Crippen LogP contribution in [0.4, 0.5) is 4.39 Å². The Hall–Kier alpha value is -1.68. The van der Waals surface area contributed by atoms with Crippen LogP contribution in [0.25, 0.3) is 11.4 Å². The van der Waals surface area contributed by atoms with Gasteiger partial charge in [-0.05, 0) is 31.3 Å². The molecule has 0 fully saturated rings. The molecule has 16 heavy (non-hydrogen) atoms. The Morgan fingerprint density at radius 2 is 2.00 bits per heavy atom. The van der Waals surface area contributed by atoms with Crippen LogP contribution in [-0.2, 0) is 13.6 Å². The number of nitrogens with zero attached hydrogens (tertiary/aromatic N) is 2. The average molecular weight is 219 g/mol. The molecule has 2 rings (SSSR count). The maximum absolute atomic E-state index is 12.8. The molecule has 0 saturated heterocycles. The van der Waals surface area contributed by atoms with E-state index < -0.39 is 0 Å². The molecule has 0 bridgehead atoms. The molecular formula is C12H14FN3. The molecule has 0 saturated carbocycles. The van der Waals surface area contributed by atoms with Gasteiger partial charge in [0.05, 0.1) is 11.9 Å². The van der Waals surface area contributed by atoms with Gasteiger partial charge in [-0.2, -0.15) is 0 Å². The number of imidazole rings is 1. The fourth-order valence-corrected chi connectivity index (χ4v) is 1.66. The first-order valence-corrected chi connectivity index (χ1v) is 5.13. The Balaban J connectivity index is 2.37. The molecule has 3 nitrogen and oxygen atoms in total. The molecule has 0 radical (unpaired) electrons. The van der Waals surface area contributed by atoms with Gasteiger partial charge >= 0.3 is 0 Å². The highest BCUT2D eigenvalue weighted by atomic mass is 19.1. The molecule has 0 amide bonds. The largest absolute Gasteiger partial charge is 0.330 e. The van der Waals surface area contributed by atoms with Gasteiger partial charge in [0.25, 0.3) is 0 Å². The molecule has 0 atom stereocenters. The first kappa shape index (κ1) is 10.8. The van der Waals surface area contributed by atoms with E-state index in [2.05, 4.69) is 10.3 Å². The number of hydrogen-bond acceptors (Lipinski definition) is 2. The quantitative estimate of drug-likeness (QED) is 0.855. The van der Waals surface area contributed by atoms with E-state index in [1.165, 1.54) is 12.1 Å². The second kappa shape index (κ2) is 4.45. The van der Waals surface area contributed by atoms with Crippen molar-refractivity contribution in [3.63, 3.8) is 0 Å². The van der Waals surface area contributed by atoms with E-state index in [0.717, 1.165) is 23.6 Å². The SMILES string of the molecule is CNCc1cnc(-c2ccc(F)cc2)n1C. The van der Waals surface area contributed by atoms with E-state index in [9.17, 15) is 4.39 Å². The summed E-state index contributed by atoms with van der Waals surface area (Å²) in [6, 6.07) is 6.37. The zero-order valence-electron chi connectivity index (χ0n) is 9.37. The molecule has 4 heteroatoms. The van der Waals surface area contributed by atoms with Crippen LogP contribution >= 0.6 is 0 Å². The second-order valence-electron chi connectivity index (χ2n) is 3.67. The Labute approximate surface area is 93.9 Å². The van der Waals surface area contributed by atoms with Crippen molar-refractivity contribution in [2.24, 2.45) is 7.05 Å². The minimum absolute atomic E-state index is 0.228. The first-order valence-electron chi connectivity index (χ1n) is 5.13. The molecule has 0 aliphatic carbocycles. The van der Waals surface area contributed by atoms with E-state index in [-0.39, 0.29) is 5.82 Å². The lowest BCUT2D eigenvalue weighted by atomic mass is 10.2. The van der Waals surface area contributed by atoms with Crippen LogP contribution in [0.1, 0.15) is 5.69 Å². The molecule has 1 aromatic heterocycles. The van der Waals surface area contributed by atoms with Gasteiger partial charge in [-0.3, -0.25) is 0 Å². The summed E-state index contributed by atoms with van der Waals surface area (Å²) in [6.45, 7) is 0.769. The highest BCUT2D eigenvalue weighted by Gasteiger charge is 2.07. The van der Waals surface area contributed by atoms with Crippen LogP contribution in [0.2, 0.25) is 0 Å². The van der Waals surface area contributed by atoms with Crippen LogP contribution in [0.3, 0.4) is 0 Å². The molecule has 1 aromatic carbocycles. The highest BCUT2D eigenvalue weighted by molar-refractivity contribution is 5.55. The van der Waals surface area contributed by atoms with Crippen LogP contribution in [-0.4, -0.2) is 16.6 Å². The number of benzene rings is 1. The zero-order chi connectivity index (χ0) is 11.5. The van der Waals surface area contributed by atoms with E-state index in [0.29, 0.717) is 0 Å². The summed E-state index contributed by atoms with van der Waals surface area (Å²) < 4.78 is 14.8. The minimum atomic E-state index is -0.228. The van der Waals surface area contributed by atoms with Gasteiger partial charge in [0, 0.05) is 19.2 Å². The van der Waals surface area contributed by atoms with Gasteiger partial charge in [0.15, 0.2) is 0 Å². The predicted molar refractivity (Wildman–Crippen MR) is 61.4 cm³/mol. The summed E-state index contributed by atoms with van der Waals surface area (Å²) >= 11 is 0. The summed E-state index contributed by atoms with van der Waals surface area (Å²) in [5, 5.41) is 3.08. The standard InChI is InChI=1S/C12H14FN3/c1-14-7-11-8-15-12(16(11)2)9-3-5-10(13)6-4-9/h3-6,8,14H,7H2,1-2H3. The number of nitrogens with one attached hydrogen (secondary N) is 1. The average Bonchev–Trinajstić information content (AvgIpc) is 2.63. The van der Waals surface area contributed by atoms with E-state index in [4.69, 9.17) is 0 Å². The molecule has 0 aliphatic rings. The number of halogens is 1. The molecular weight excluding hydrogens is 205 g/mol. The number of hydrogen-bond donors (Lipinski definition) is 1. The first-order chi connectivity index (χ1) is 7.72. The summed E-state index contributed by atoms with van der Waals surface area (Å²) in [6.07, 6.45) is 1.83. The van der Waals surface area contributed by atoms with Crippen molar-refractivity contribution in [2.75, 3.05) is 7.05 Å². The molecule has 2 aromatic rings. The fraction of sp³-hybridized carbons (Fsp3) is 0.250. The third-order valence-corrected chi connectivity index (χ3v) is 2.54. The zero-order valence-corrected chi connectivity index (χ0v) is 9.37. The summed E-state index contributed by atoms with van der Waals surface area (Å²) in [4.78, 5) is 4.33. The monoisotopic (exact) mass is 219 g/mol. The lowest BCUT2D eigenvalue weighted by molar-refractivity contribution is 0.628. The van der Waals surface area contributed by atoms with Crippen LogP contribution in [0.15, 0.2) is 30.5 Å². The van der Waals surface area contributed by atoms with Crippen LogP contribution < -0.4 is 5.32 Å². The molecule has 1 heterocycles. The van der Waals surface area contributed by atoms with Gasteiger partial charge in [-0.1, -0.05) is 0 Å². The van der Waals surface area contributed by atoms with Crippen molar-refractivity contribution in [3.05, 3.63) is 42.0 Å². The summed E-state index contributed by atoms with van der Waals surface area (Å²) in [5.74, 6) is 0.624.